The third-order valence-corrected chi connectivity index (χ3v) is 3.16. The number of nitrogens with one attached hydrogen (secondary N) is 1. The summed E-state index contributed by atoms with van der Waals surface area (Å²) in [5.41, 5.74) is 2.42. The maximum Gasteiger partial charge on any atom is 0.145 e. The highest BCUT2D eigenvalue weighted by molar-refractivity contribution is 5.57. The molecule has 108 valence electrons. The van der Waals surface area contributed by atoms with Crippen LogP contribution in [0.2, 0.25) is 0 Å². The molecule has 4 heteroatoms. The van der Waals surface area contributed by atoms with Gasteiger partial charge >= 0.3 is 0 Å². The van der Waals surface area contributed by atoms with Crippen LogP contribution in [0.4, 0.5) is 10.1 Å². The highest BCUT2D eigenvalue weighted by atomic mass is 19.1. The highest BCUT2D eigenvalue weighted by Crippen LogP contribution is 2.29. The van der Waals surface area contributed by atoms with Crippen LogP contribution in [0.25, 0.3) is 0 Å². The zero-order valence-electron chi connectivity index (χ0n) is 12.1. The first kappa shape index (κ1) is 14.9. The number of halogens is 1. The van der Waals surface area contributed by atoms with Gasteiger partial charge in [0.15, 0.2) is 0 Å². The molecule has 2 aromatic rings. The molecule has 0 aliphatic carbocycles. The molecule has 2 aromatic carbocycles. The topological polar surface area (TPSA) is 45.0 Å². The molecule has 2 rings (SSSR count). The van der Waals surface area contributed by atoms with Gasteiger partial charge < -0.3 is 10.1 Å². The number of hydrogen-bond acceptors (Lipinski definition) is 3. The summed E-state index contributed by atoms with van der Waals surface area (Å²) in [7, 11) is 0. The number of hydrogen-bond donors (Lipinski definition) is 1. The lowest BCUT2D eigenvalue weighted by molar-refractivity contribution is 0.339. The Balaban J connectivity index is 2.18. The minimum absolute atomic E-state index is 0.0161. The third kappa shape index (κ3) is 3.73. The van der Waals surface area contributed by atoms with Crippen LogP contribution < -0.4 is 10.1 Å². The number of nitrogens with zero attached hydrogens (tertiary/aromatic N) is 1. The van der Waals surface area contributed by atoms with Crippen LogP contribution in [-0.4, -0.2) is 6.61 Å². The third-order valence-electron chi connectivity index (χ3n) is 3.16. The fourth-order valence-electron chi connectivity index (χ4n) is 2.05. The summed E-state index contributed by atoms with van der Waals surface area (Å²) in [6.07, 6.45) is 0. The van der Waals surface area contributed by atoms with E-state index in [0.717, 1.165) is 11.3 Å². The molecule has 1 atom stereocenters. The highest BCUT2D eigenvalue weighted by Gasteiger charge is 2.10. The van der Waals surface area contributed by atoms with Crippen LogP contribution in [0.3, 0.4) is 0 Å². The van der Waals surface area contributed by atoms with Gasteiger partial charge in [-0.1, -0.05) is 12.1 Å². The van der Waals surface area contributed by atoms with E-state index in [9.17, 15) is 4.39 Å². The first-order chi connectivity index (χ1) is 10.1. The molecule has 0 spiro atoms. The molecule has 0 aliphatic rings. The van der Waals surface area contributed by atoms with Crippen molar-refractivity contribution in [1.29, 1.82) is 5.26 Å². The second-order valence-electron chi connectivity index (χ2n) is 4.67. The van der Waals surface area contributed by atoms with Crippen molar-refractivity contribution in [2.75, 3.05) is 11.9 Å². The smallest absolute Gasteiger partial charge is 0.145 e. The van der Waals surface area contributed by atoms with E-state index in [4.69, 9.17) is 10.00 Å². The molecule has 0 aromatic heterocycles. The van der Waals surface area contributed by atoms with Crippen molar-refractivity contribution < 1.29 is 9.13 Å². The van der Waals surface area contributed by atoms with E-state index in [0.29, 0.717) is 17.9 Å². The van der Waals surface area contributed by atoms with Crippen LogP contribution in [0.5, 0.6) is 5.75 Å². The standard InChI is InChI=1S/C17H17FN2O/c1-3-21-17-10-15(18)8-9-16(17)20-12(2)14-6-4-13(11-19)5-7-14/h4-10,12,20H,3H2,1-2H3. The Hall–Kier alpha value is -2.54. The van der Waals surface area contributed by atoms with Crippen LogP contribution in [-0.2, 0) is 0 Å². The van der Waals surface area contributed by atoms with E-state index in [1.54, 1.807) is 18.2 Å². The number of ether oxygens (including phenoxy) is 1. The SMILES string of the molecule is CCOc1cc(F)ccc1NC(C)c1ccc(C#N)cc1. The average molecular weight is 284 g/mol. The van der Waals surface area contributed by atoms with Gasteiger partial charge in [0.2, 0.25) is 0 Å². The van der Waals surface area contributed by atoms with Crippen LogP contribution in [0.15, 0.2) is 42.5 Å². The average Bonchev–Trinajstić information content (AvgIpc) is 2.50. The van der Waals surface area contributed by atoms with Crippen molar-refractivity contribution >= 4 is 5.69 Å². The van der Waals surface area contributed by atoms with Gasteiger partial charge in [0.05, 0.1) is 23.9 Å². The summed E-state index contributed by atoms with van der Waals surface area (Å²) in [5, 5.41) is 12.1. The van der Waals surface area contributed by atoms with Crippen molar-refractivity contribution in [3.05, 3.63) is 59.4 Å². The molecular formula is C17H17FN2O. The molecule has 1 N–H and O–H groups in total. The molecule has 0 amide bonds. The zero-order chi connectivity index (χ0) is 15.2. The Morgan fingerprint density at radius 3 is 2.57 bits per heavy atom. The van der Waals surface area contributed by atoms with Crippen molar-refractivity contribution in [3.8, 4) is 11.8 Å². The normalized spacial score (nSPS) is 11.5. The number of anilines is 1. The van der Waals surface area contributed by atoms with Gasteiger partial charge in [-0.3, -0.25) is 0 Å². The van der Waals surface area contributed by atoms with Gasteiger partial charge in [-0.2, -0.15) is 5.26 Å². The van der Waals surface area contributed by atoms with Crippen LogP contribution in [0.1, 0.15) is 31.0 Å². The summed E-state index contributed by atoms with van der Waals surface area (Å²) in [4.78, 5) is 0. The minimum Gasteiger partial charge on any atom is -0.492 e. The fraction of sp³-hybridized carbons (Fsp3) is 0.235. The van der Waals surface area contributed by atoms with Gasteiger partial charge in [-0.25, -0.2) is 4.39 Å². The summed E-state index contributed by atoms with van der Waals surface area (Å²) in [6.45, 7) is 4.34. The molecule has 0 fully saturated rings. The second kappa shape index (κ2) is 6.76. The Bertz CT molecular complexity index is 647. The van der Waals surface area contributed by atoms with E-state index in [1.165, 1.54) is 12.1 Å². The molecule has 0 saturated carbocycles. The Morgan fingerprint density at radius 1 is 1.24 bits per heavy atom. The van der Waals surface area contributed by atoms with E-state index in [2.05, 4.69) is 11.4 Å². The number of nitriles is 1. The van der Waals surface area contributed by atoms with Crippen LogP contribution in [0, 0.1) is 17.1 Å². The molecule has 0 heterocycles. The lowest BCUT2D eigenvalue weighted by atomic mass is 10.1. The van der Waals surface area contributed by atoms with Crippen molar-refractivity contribution in [3.63, 3.8) is 0 Å². The van der Waals surface area contributed by atoms with Crippen molar-refractivity contribution in [2.24, 2.45) is 0 Å². The zero-order valence-corrected chi connectivity index (χ0v) is 12.1. The Morgan fingerprint density at radius 2 is 1.95 bits per heavy atom. The Labute approximate surface area is 124 Å². The van der Waals surface area contributed by atoms with Crippen molar-refractivity contribution in [1.82, 2.24) is 0 Å². The molecule has 0 aliphatic heterocycles. The van der Waals surface area contributed by atoms with Crippen molar-refractivity contribution in [2.45, 2.75) is 19.9 Å². The maximum atomic E-state index is 13.3. The van der Waals surface area contributed by atoms with Crippen LogP contribution >= 0.6 is 0 Å². The first-order valence-electron chi connectivity index (χ1n) is 6.83. The molecule has 3 nitrogen and oxygen atoms in total. The van der Waals surface area contributed by atoms with E-state index in [-0.39, 0.29) is 11.9 Å². The Kier molecular flexibility index (Phi) is 4.78. The lowest BCUT2D eigenvalue weighted by Crippen LogP contribution is -2.08. The summed E-state index contributed by atoms with van der Waals surface area (Å²) >= 11 is 0. The van der Waals surface area contributed by atoms with Gasteiger partial charge in [0.25, 0.3) is 0 Å². The molecule has 0 bridgehead atoms. The molecule has 0 saturated heterocycles. The van der Waals surface area contributed by atoms with E-state index >= 15 is 0 Å². The first-order valence-corrected chi connectivity index (χ1v) is 6.83. The minimum atomic E-state index is -0.324. The molecular weight excluding hydrogens is 267 g/mol. The van der Waals surface area contributed by atoms with Gasteiger partial charge in [-0.15, -0.1) is 0 Å². The predicted molar refractivity (Wildman–Crippen MR) is 80.8 cm³/mol. The molecule has 1 unspecified atom stereocenters. The lowest BCUT2D eigenvalue weighted by Gasteiger charge is -2.18. The van der Waals surface area contributed by atoms with Gasteiger partial charge in [-0.05, 0) is 43.7 Å². The summed E-state index contributed by atoms with van der Waals surface area (Å²) in [6, 6.07) is 13.9. The fourth-order valence-corrected chi connectivity index (χ4v) is 2.05. The van der Waals surface area contributed by atoms with E-state index in [1.807, 2.05) is 26.0 Å². The molecule has 0 radical (unpaired) electrons. The molecule has 21 heavy (non-hydrogen) atoms. The summed E-state index contributed by atoms with van der Waals surface area (Å²) in [5.74, 6) is 0.174. The predicted octanol–water partition coefficient (Wildman–Crippen LogP) is 4.27. The number of benzene rings is 2. The second-order valence-corrected chi connectivity index (χ2v) is 4.67. The van der Waals surface area contributed by atoms with E-state index < -0.39 is 0 Å². The quantitative estimate of drug-likeness (QED) is 0.891. The van der Waals surface area contributed by atoms with Gasteiger partial charge in [0, 0.05) is 12.1 Å². The number of rotatable bonds is 5. The van der Waals surface area contributed by atoms with Gasteiger partial charge in [0.1, 0.15) is 11.6 Å². The maximum absolute atomic E-state index is 13.3. The largest absolute Gasteiger partial charge is 0.492 e. The summed E-state index contributed by atoms with van der Waals surface area (Å²) < 4.78 is 18.7. The monoisotopic (exact) mass is 284 g/mol.